The summed E-state index contributed by atoms with van der Waals surface area (Å²) in [5.41, 5.74) is 6.20. The average Bonchev–Trinajstić information content (AvgIpc) is 2.49. The third-order valence-corrected chi connectivity index (χ3v) is 2.85. The first-order chi connectivity index (χ1) is 10.5. The highest BCUT2D eigenvalue weighted by Gasteiger charge is 2.10. The van der Waals surface area contributed by atoms with Gasteiger partial charge in [-0.05, 0) is 42.8 Å². The zero-order valence-corrected chi connectivity index (χ0v) is 11.9. The van der Waals surface area contributed by atoms with Gasteiger partial charge < -0.3 is 15.8 Å². The molecule has 0 unspecified atom stereocenters. The van der Waals surface area contributed by atoms with Crippen LogP contribution in [0, 0.1) is 12.7 Å². The molecule has 0 aliphatic heterocycles. The smallest absolute Gasteiger partial charge is 0.255 e. The molecular formula is C16H15FN2O3. The molecule has 0 aliphatic carbocycles. The molecule has 3 N–H and O–H groups in total. The molecule has 114 valence electrons. The second kappa shape index (κ2) is 6.71. The van der Waals surface area contributed by atoms with E-state index in [0.29, 0.717) is 5.75 Å². The number of ether oxygens (including phenoxy) is 1. The van der Waals surface area contributed by atoms with Crippen molar-refractivity contribution in [2.24, 2.45) is 5.73 Å². The molecule has 0 radical (unpaired) electrons. The molecule has 0 bridgehead atoms. The molecule has 0 saturated heterocycles. The molecule has 0 saturated carbocycles. The minimum Gasteiger partial charge on any atom is -0.484 e. The van der Waals surface area contributed by atoms with E-state index in [-0.39, 0.29) is 17.9 Å². The van der Waals surface area contributed by atoms with E-state index in [0.717, 1.165) is 5.56 Å². The number of amides is 2. The highest BCUT2D eigenvalue weighted by Crippen LogP contribution is 2.18. The van der Waals surface area contributed by atoms with Gasteiger partial charge in [0.05, 0.1) is 5.69 Å². The molecule has 0 aliphatic rings. The van der Waals surface area contributed by atoms with Crippen LogP contribution in [0.15, 0.2) is 42.5 Å². The number of halogens is 1. The zero-order valence-electron chi connectivity index (χ0n) is 11.9. The summed E-state index contributed by atoms with van der Waals surface area (Å²) >= 11 is 0. The van der Waals surface area contributed by atoms with Crippen LogP contribution < -0.4 is 15.8 Å². The van der Waals surface area contributed by atoms with E-state index in [4.69, 9.17) is 10.5 Å². The number of primary amides is 1. The van der Waals surface area contributed by atoms with Crippen LogP contribution in [0.25, 0.3) is 0 Å². The first kappa shape index (κ1) is 15.5. The van der Waals surface area contributed by atoms with E-state index in [2.05, 4.69) is 5.32 Å². The summed E-state index contributed by atoms with van der Waals surface area (Å²) in [5.74, 6) is -1.28. The average molecular weight is 302 g/mol. The molecule has 5 nitrogen and oxygen atoms in total. The Balaban J connectivity index is 2.14. The molecule has 22 heavy (non-hydrogen) atoms. The number of nitrogens with one attached hydrogen (secondary N) is 1. The van der Waals surface area contributed by atoms with Gasteiger partial charge in [0.25, 0.3) is 11.8 Å². The lowest BCUT2D eigenvalue weighted by Gasteiger charge is -2.09. The van der Waals surface area contributed by atoms with Crippen LogP contribution in [0.2, 0.25) is 0 Å². The number of carbonyl (C=O) groups excluding carboxylic acids is 2. The summed E-state index contributed by atoms with van der Waals surface area (Å²) in [6.07, 6.45) is 0. The summed E-state index contributed by atoms with van der Waals surface area (Å²) in [6, 6.07) is 10.6. The standard InChI is InChI=1S/C16H15FN2O3/c1-10-5-6-13(17)14(7-10)19-16(21)11-3-2-4-12(8-11)22-9-15(18)20/h2-8H,9H2,1H3,(H2,18,20)(H,19,21). The van der Waals surface area contributed by atoms with Gasteiger partial charge >= 0.3 is 0 Å². The van der Waals surface area contributed by atoms with Gasteiger partial charge in [0.2, 0.25) is 0 Å². The Labute approximate surface area is 126 Å². The lowest BCUT2D eigenvalue weighted by Crippen LogP contribution is -2.20. The van der Waals surface area contributed by atoms with Gasteiger partial charge in [-0.1, -0.05) is 12.1 Å². The fourth-order valence-corrected chi connectivity index (χ4v) is 1.81. The quantitative estimate of drug-likeness (QED) is 0.888. The van der Waals surface area contributed by atoms with Crippen molar-refractivity contribution in [3.05, 3.63) is 59.4 Å². The number of hydrogen-bond donors (Lipinski definition) is 2. The fourth-order valence-electron chi connectivity index (χ4n) is 1.81. The molecule has 2 amide bonds. The van der Waals surface area contributed by atoms with Gasteiger partial charge in [0, 0.05) is 5.56 Å². The molecule has 0 spiro atoms. The molecule has 2 aromatic rings. The first-order valence-corrected chi connectivity index (χ1v) is 6.54. The number of rotatable bonds is 5. The Bertz CT molecular complexity index is 716. The monoisotopic (exact) mass is 302 g/mol. The van der Waals surface area contributed by atoms with Crippen molar-refractivity contribution in [2.75, 3.05) is 11.9 Å². The highest BCUT2D eigenvalue weighted by molar-refractivity contribution is 6.04. The van der Waals surface area contributed by atoms with Gasteiger partial charge in [-0.3, -0.25) is 9.59 Å². The van der Waals surface area contributed by atoms with Crippen molar-refractivity contribution in [2.45, 2.75) is 6.92 Å². The van der Waals surface area contributed by atoms with Gasteiger partial charge in [-0.25, -0.2) is 4.39 Å². The topological polar surface area (TPSA) is 81.4 Å². The molecule has 2 aromatic carbocycles. The van der Waals surface area contributed by atoms with Gasteiger partial charge in [0.15, 0.2) is 6.61 Å². The van der Waals surface area contributed by atoms with E-state index in [1.54, 1.807) is 37.3 Å². The number of benzene rings is 2. The molecular weight excluding hydrogens is 287 g/mol. The molecule has 0 fully saturated rings. The minimum atomic E-state index is -0.614. The van der Waals surface area contributed by atoms with Gasteiger partial charge in [-0.15, -0.1) is 0 Å². The SMILES string of the molecule is Cc1ccc(F)c(NC(=O)c2cccc(OCC(N)=O)c2)c1. The summed E-state index contributed by atoms with van der Waals surface area (Å²) in [6.45, 7) is 1.52. The predicted octanol–water partition coefficient (Wildman–Crippen LogP) is 2.25. The van der Waals surface area contributed by atoms with Crippen molar-refractivity contribution in [3.63, 3.8) is 0 Å². The van der Waals surface area contributed by atoms with Crippen molar-refractivity contribution in [1.29, 1.82) is 0 Å². The molecule has 0 aromatic heterocycles. The Morgan fingerprint density at radius 2 is 2.00 bits per heavy atom. The van der Waals surface area contributed by atoms with Crippen LogP contribution in [-0.2, 0) is 4.79 Å². The maximum absolute atomic E-state index is 13.6. The molecule has 6 heteroatoms. The van der Waals surface area contributed by atoms with Crippen molar-refractivity contribution in [3.8, 4) is 5.75 Å². The second-order valence-corrected chi connectivity index (χ2v) is 4.72. The molecule has 0 heterocycles. The Kier molecular flexibility index (Phi) is 4.73. The van der Waals surface area contributed by atoms with E-state index >= 15 is 0 Å². The lowest BCUT2D eigenvalue weighted by atomic mass is 10.1. The predicted molar refractivity (Wildman–Crippen MR) is 80.2 cm³/mol. The van der Waals surface area contributed by atoms with Crippen LogP contribution in [-0.4, -0.2) is 18.4 Å². The van der Waals surface area contributed by atoms with Crippen LogP contribution in [0.1, 0.15) is 15.9 Å². The maximum atomic E-state index is 13.6. The third-order valence-electron chi connectivity index (χ3n) is 2.85. The fraction of sp³-hybridized carbons (Fsp3) is 0.125. The normalized spacial score (nSPS) is 10.1. The Morgan fingerprint density at radius 3 is 2.73 bits per heavy atom. The van der Waals surface area contributed by atoms with E-state index in [1.807, 2.05) is 0 Å². The van der Waals surface area contributed by atoms with Crippen molar-refractivity contribution < 1.29 is 18.7 Å². The minimum absolute atomic E-state index is 0.105. The van der Waals surface area contributed by atoms with Crippen LogP contribution in [0.3, 0.4) is 0 Å². The second-order valence-electron chi connectivity index (χ2n) is 4.72. The van der Waals surface area contributed by atoms with Crippen LogP contribution in [0.4, 0.5) is 10.1 Å². The third kappa shape index (κ3) is 4.05. The lowest BCUT2D eigenvalue weighted by molar-refractivity contribution is -0.119. The first-order valence-electron chi connectivity index (χ1n) is 6.54. The van der Waals surface area contributed by atoms with Crippen molar-refractivity contribution in [1.82, 2.24) is 0 Å². The summed E-state index contributed by atoms with van der Waals surface area (Å²) in [5, 5.41) is 2.50. The Morgan fingerprint density at radius 1 is 1.23 bits per heavy atom. The number of anilines is 1. The maximum Gasteiger partial charge on any atom is 0.255 e. The number of nitrogens with two attached hydrogens (primary N) is 1. The van der Waals surface area contributed by atoms with Crippen LogP contribution in [0.5, 0.6) is 5.75 Å². The van der Waals surface area contributed by atoms with E-state index in [9.17, 15) is 14.0 Å². The summed E-state index contributed by atoms with van der Waals surface area (Å²) in [4.78, 5) is 22.8. The number of hydrogen-bond acceptors (Lipinski definition) is 3. The molecule has 0 atom stereocenters. The number of carbonyl (C=O) groups is 2. The van der Waals surface area contributed by atoms with Gasteiger partial charge in [0.1, 0.15) is 11.6 Å². The highest BCUT2D eigenvalue weighted by atomic mass is 19.1. The van der Waals surface area contributed by atoms with Crippen LogP contribution >= 0.6 is 0 Å². The summed E-state index contributed by atoms with van der Waals surface area (Å²) in [7, 11) is 0. The molecule has 2 rings (SSSR count). The number of aryl methyl sites for hydroxylation is 1. The largest absolute Gasteiger partial charge is 0.484 e. The van der Waals surface area contributed by atoms with E-state index in [1.165, 1.54) is 12.1 Å². The van der Waals surface area contributed by atoms with Crippen molar-refractivity contribution >= 4 is 17.5 Å². The van der Waals surface area contributed by atoms with Gasteiger partial charge in [-0.2, -0.15) is 0 Å². The van der Waals surface area contributed by atoms with E-state index < -0.39 is 17.6 Å². The Hall–Kier alpha value is -2.89. The zero-order chi connectivity index (χ0) is 16.1. The summed E-state index contributed by atoms with van der Waals surface area (Å²) < 4.78 is 18.8.